The maximum Gasteiger partial charge on any atom is 0.488 e. The van der Waals surface area contributed by atoms with Crippen molar-refractivity contribution in [1.82, 2.24) is 4.31 Å². The third-order valence-corrected chi connectivity index (χ3v) is 5.81. The largest absolute Gasteiger partial charge is 0.488 e. The molecule has 2 rings (SSSR count). The topological polar surface area (TPSA) is 77.8 Å². The minimum Gasteiger partial charge on any atom is -0.423 e. The van der Waals surface area contributed by atoms with Crippen molar-refractivity contribution < 1.29 is 18.5 Å². The molecule has 0 amide bonds. The average Bonchev–Trinajstić information content (AvgIpc) is 2.52. The molecule has 0 aromatic heterocycles. The zero-order valence-electron chi connectivity index (χ0n) is 13.4. The summed E-state index contributed by atoms with van der Waals surface area (Å²) in [5, 5.41) is 18.1. The zero-order valence-corrected chi connectivity index (χ0v) is 14.2. The van der Waals surface area contributed by atoms with E-state index in [2.05, 4.69) is 25.2 Å². The molecule has 23 heavy (non-hydrogen) atoms. The zero-order chi connectivity index (χ0) is 17.0. The maximum absolute atomic E-state index is 12.5. The first-order chi connectivity index (χ1) is 10.8. The first-order valence-electron chi connectivity index (χ1n) is 7.60. The summed E-state index contributed by atoms with van der Waals surface area (Å²) in [7, 11) is -3.62. The number of benzene rings is 1. The Balaban J connectivity index is 2.05. The van der Waals surface area contributed by atoms with Gasteiger partial charge >= 0.3 is 7.12 Å². The van der Waals surface area contributed by atoms with Crippen LogP contribution in [0.15, 0.2) is 53.0 Å². The van der Waals surface area contributed by atoms with Gasteiger partial charge in [0.05, 0.1) is 4.90 Å². The van der Waals surface area contributed by atoms with Gasteiger partial charge in [0.2, 0.25) is 10.0 Å². The molecule has 1 aromatic carbocycles. The van der Waals surface area contributed by atoms with Crippen molar-refractivity contribution in [2.75, 3.05) is 13.6 Å². The second kappa shape index (κ2) is 7.44. The number of allylic oxidation sites excluding steroid dienone is 3. The van der Waals surface area contributed by atoms with Crippen molar-refractivity contribution in [3.05, 3.63) is 48.1 Å². The van der Waals surface area contributed by atoms with E-state index in [1.807, 2.05) is 0 Å². The van der Waals surface area contributed by atoms with Crippen molar-refractivity contribution in [1.29, 1.82) is 0 Å². The molecular formula is C16H22BNO4S. The van der Waals surface area contributed by atoms with Crippen LogP contribution < -0.4 is 5.46 Å². The van der Waals surface area contributed by atoms with Crippen molar-refractivity contribution >= 4 is 22.6 Å². The summed E-state index contributed by atoms with van der Waals surface area (Å²) in [5.41, 5.74) is 1.42. The fraction of sp³-hybridized carbons (Fsp3) is 0.375. The minimum absolute atomic E-state index is 0.144. The molecule has 0 aliphatic heterocycles. The van der Waals surface area contributed by atoms with Gasteiger partial charge in [-0.05, 0) is 36.4 Å². The third-order valence-electron chi connectivity index (χ3n) is 3.94. The van der Waals surface area contributed by atoms with E-state index in [4.69, 9.17) is 10.0 Å². The van der Waals surface area contributed by atoms with E-state index in [-0.39, 0.29) is 10.4 Å². The van der Waals surface area contributed by atoms with Crippen LogP contribution >= 0.6 is 0 Å². The highest BCUT2D eigenvalue weighted by Gasteiger charge is 2.21. The van der Waals surface area contributed by atoms with E-state index >= 15 is 0 Å². The van der Waals surface area contributed by atoms with Crippen molar-refractivity contribution in [2.45, 2.75) is 24.7 Å². The second-order valence-corrected chi connectivity index (χ2v) is 7.92. The summed E-state index contributed by atoms with van der Waals surface area (Å²) in [4.78, 5) is 0.144. The van der Waals surface area contributed by atoms with Crippen molar-refractivity contribution in [2.24, 2.45) is 5.92 Å². The van der Waals surface area contributed by atoms with Gasteiger partial charge < -0.3 is 10.0 Å². The molecule has 2 N–H and O–H groups in total. The summed E-state index contributed by atoms with van der Waals surface area (Å²) in [5.74, 6) is 0.495. The predicted octanol–water partition coefficient (Wildman–Crippen LogP) is 0.899. The molecular weight excluding hydrogens is 313 g/mol. The fourth-order valence-corrected chi connectivity index (χ4v) is 3.66. The lowest BCUT2D eigenvalue weighted by atomic mass is 9.81. The summed E-state index contributed by atoms with van der Waals surface area (Å²) >= 11 is 0. The highest BCUT2D eigenvalue weighted by atomic mass is 32.2. The number of sulfonamides is 1. The Morgan fingerprint density at radius 3 is 2.48 bits per heavy atom. The van der Waals surface area contributed by atoms with Gasteiger partial charge in [-0.15, -0.1) is 0 Å². The quantitative estimate of drug-likeness (QED) is 0.757. The van der Waals surface area contributed by atoms with Crippen molar-refractivity contribution in [3.63, 3.8) is 0 Å². The van der Waals surface area contributed by atoms with Gasteiger partial charge in [-0.25, -0.2) is 12.7 Å². The van der Waals surface area contributed by atoms with E-state index in [1.54, 1.807) is 7.05 Å². The number of nitrogens with zero attached hydrogens (tertiary/aromatic N) is 1. The van der Waals surface area contributed by atoms with Gasteiger partial charge in [0, 0.05) is 13.6 Å². The second-order valence-electron chi connectivity index (χ2n) is 5.88. The Morgan fingerprint density at radius 2 is 1.91 bits per heavy atom. The van der Waals surface area contributed by atoms with Crippen molar-refractivity contribution in [3.8, 4) is 0 Å². The lowest BCUT2D eigenvalue weighted by molar-refractivity contribution is 0.425. The Labute approximate surface area is 138 Å². The number of rotatable bonds is 6. The maximum atomic E-state index is 12.5. The van der Waals surface area contributed by atoms with Gasteiger partial charge in [0.15, 0.2) is 0 Å². The molecule has 0 radical (unpaired) electrons. The molecule has 0 fully saturated rings. The van der Waals surface area contributed by atoms with Crippen LogP contribution in [-0.2, 0) is 10.0 Å². The fourth-order valence-electron chi connectivity index (χ4n) is 2.49. The molecule has 5 nitrogen and oxygen atoms in total. The minimum atomic E-state index is -3.58. The SMILES string of the molecule is CC1C=C(CCN(C)S(=O)(=O)c2ccc(B(O)O)cc2)C=CC1. The highest BCUT2D eigenvalue weighted by Crippen LogP contribution is 2.20. The van der Waals surface area contributed by atoms with E-state index in [1.165, 1.54) is 28.6 Å². The first kappa shape index (κ1) is 17.9. The summed E-state index contributed by atoms with van der Waals surface area (Å²) in [6.07, 6.45) is 8.05. The molecule has 7 heteroatoms. The summed E-state index contributed by atoms with van der Waals surface area (Å²) in [6, 6.07) is 5.59. The molecule has 0 bridgehead atoms. The summed E-state index contributed by atoms with van der Waals surface area (Å²) < 4.78 is 26.4. The molecule has 0 saturated heterocycles. The van der Waals surface area contributed by atoms with Gasteiger partial charge in [-0.3, -0.25) is 0 Å². The van der Waals surface area contributed by atoms with Gasteiger partial charge in [-0.2, -0.15) is 0 Å². The molecule has 1 atom stereocenters. The lowest BCUT2D eigenvalue weighted by Gasteiger charge is -2.19. The van der Waals surface area contributed by atoms with E-state index in [0.717, 1.165) is 12.0 Å². The van der Waals surface area contributed by atoms with Gasteiger partial charge in [0.25, 0.3) is 0 Å². The molecule has 124 valence electrons. The molecule has 0 saturated carbocycles. The van der Waals surface area contributed by atoms with Gasteiger partial charge in [-0.1, -0.05) is 42.9 Å². The summed E-state index contributed by atoms with van der Waals surface area (Å²) in [6.45, 7) is 2.54. The van der Waals surface area contributed by atoms with E-state index in [0.29, 0.717) is 18.9 Å². The smallest absolute Gasteiger partial charge is 0.423 e. The first-order valence-corrected chi connectivity index (χ1v) is 9.04. The standard InChI is InChI=1S/C16H22BNO4S/c1-13-4-3-5-14(12-13)10-11-18(2)23(21,22)16-8-6-15(7-9-16)17(19)20/h3,5-9,12-13,19-20H,4,10-11H2,1-2H3. The number of hydrogen-bond acceptors (Lipinski definition) is 4. The third kappa shape index (κ3) is 4.54. The Bertz CT molecular complexity index is 695. The Kier molecular flexibility index (Phi) is 5.81. The van der Waals surface area contributed by atoms with Crippen LogP contribution in [0.25, 0.3) is 0 Å². The van der Waals surface area contributed by atoms with E-state index in [9.17, 15) is 8.42 Å². The van der Waals surface area contributed by atoms with Crippen LogP contribution in [0, 0.1) is 5.92 Å². The molecule has 0 spiro atoms. The Morgan fingerprint density at radius 1 is 1.26 bits per heavy atom. The van der Waals surface area contributed by atoms with Crippen LogP contribution in [0.4, 0.5) is 0 Å². The normalized spacial score (nSPS) is 18.1. The Hall–Kier alpha value is -1.41. The van der Waals surface area contributed by atoms with Crippen LogP contribution in [-0.4, -0.2) is 43.5 Å². The molecule has 1 aromatic rings. The van der Waals surface area contributed by atoms with Crippen LogP contribution in [0.5, 0.6) is 0 Å². The van der Waals surface area contributed by atoms with E-state index < -0.39 is 17.1 Å². The predicted molar refractivity (Wildman–Crippen MR) is 91.7 cm³/mol. The van der Waals surface area contributed by atoms with Gasteiger partial charge in [0.1, 0.15) is 0 Å². The molecule has 1 aliphatic carbocycles. The monoisotopic (exact) mass is 335 g/mol. The average molecular weight is 335 g/mol. The highest BCUT2D eigenvalue weighted by molar-refractivity contribution is 7.89. The number of hydrogen-bond donors (Lipinski definition) is 2. The molecule has 0 heterocycles. The van der Waals surface area contributed by atoms with Crippen LogP contribution in [0.1, 0.15) is 19.8 Å². The molecule has 1 aliphatic rings. The van der Waals surface area contributed by atoms with Crippen LogP contribution in [0.3, 0.4) is 0 Å². The molecule has 1 unspecified atom stereocenters. The lowest BCUT2D eigenvalue weighted by Crippen LogP contribution is -2.31. The van der Waals surface area contributed by atoms with Crippen LogP contribution in [0.2, 0.25) is 0 Å².